The molecule has 1 aliphatic carbocycles. The highest BCUT2D eigenvalue weighted by atomic mass is 16.4. The largest absolute Gasteiger partial charge is 0.481 e. The third-order valence-corrected chi connectivity index (χ3v) is 3.96. The summed E-state index contributed by atoms with van der Waals surface area (Å²) in [4.78, 5) is 22.4. The summed E-state index contributed by atoms with van der Waals surface area (Å²) < 4.78 is 0. The smallest absolute Gasteiger partial charge is 0.305 e. The highest BCUT2D eigenvalue weighted by Crippen LogP contribution is 2.24. The number of amides is 1. The Hall–Kier alpha value is -1.88. The minimum absolute atomic E-state index is 0.176. The van der Waals surface area contributed by atoms with Crippen molar-refractivity contribution in [3.8, 4) is 0 Å². The number of rotatable bonds is 5. The van der Waals surface area contributed by atoms with Gasteiger partial charge >= 0.3 is 5.97 Å². The number of hydrogen-bond acceptors (Lipinski definition) is 3. The number of hydrogen-bond donors (Lipinski definition) is 3. The second-order valence-corrected chi connectivity index (χ2v) is 5.67. The SMILES string of the molecule is CC(NC(=O)C(N)CC(=O)O)c1ccc2c(c1)CCCC2. The van der Waals surface area contributed by atoms with E-state index in [-0.39, 0.29) is 12.5 Å². The molecule has 0 saturated carbocycles. The lowest BCUT2D eigenvalue weighted by molar-refractivity contribution is -0.139. The number of nitrogens with one attached hydrogen (secondary N) is 1. The molecule has 0 aromatic heterocycles. The van der Waals surface area contributed by atoms with Crippen molar-refractivity contribution in [3.63, 3.8) is 0 Å². The van der Waals surface area contributed by atoms with E-state index in [4.69, 9.17) is 10.8 Å². The van der Waals surface area contributed by atoms with Crippen molar-refractivity contribution >= 4 is 11.9 Å². The molecule has 0 fully saturated rings. The standard InChI is InChI=1S/C16H22N2O3/c1-10(18-16(21)14(17)9-15(19)20)12-7-6-11-4-2-3-5-13(11)8-12/h6-8,10,14H,2-5,9,17H2,1H3,(H,18,21)(H,19,20). The van der Waals surface area contributed by atoms with Crippen molar-refractivity contribution in [2.75, 3.05) is 0 Å². The molecule has 0 heterocycles. The minimum Gasteiger partial charge on any atom is -0.481 e. The van der Waals surface area contributed by atoms with Gasteiger partial charge in [0, 0.05) is 0 Å². The Morgan fingerprint density at radius 1 is 1.29 bits per heavy atom. The Morgan fingerprint density at radius 3 is 2.62 bits per heavy atom. The predicted octanol–water partition coefficient (Wildman–Crippen LogP) is 1.54. The van der Waals surface area contributed by atoms with Crippen molar-refractivity contribution < 1.29 is 14.7 Å². The van der Waals surface area contributed by atoms with Gasteiger partial charge < -0.3 is 16.2 Å². The van der Waals surface area contributed by atoms with E-state index in [9.17, 15) is 9.59 Å². The lowest BCUT2D eigenvalue weighted by Gasteiger charge is -2.21. The number of benzene rings is 1. The third-order valence-electron chi connectivity index (χ3n) is 3.96. The average molecular weight is 290 g/mol. The first-order valence-corrected chi connectivity index (χ1v) is 7.37. The molecule has 1 aliphatic rings. The summed E-state index contributed by atoms with van der Waals surface area (Å²) in [6, 6.07) is 5.11. The molecule has 1 aromatic carbocycles. The van der Waals surface area contributed by atoms with Gasteiger partial charge in [-0.25, -0.2) is 0 Å². The predicted molar refractivity (Wildman–Crippen MR) is 79.9 cm³/mol. The van der Waals surface area contributed by atoms with E-state index in [2.05, 4.69) is 17.4 Å². The number of carboxylic acids is 1. The van der Waals surface area contributed by atoms with Crippen LogP contribution in [0.1, 0.15) is 48.9 Å². The van der Waals surface area contributed by atoms with Crippen LogP contribution in [0.5, 0.6) is 0 Å². The quantitative estimate of drug-likeness (QED) is 0.767. The first-order chi connectivity index (χ1) is 9.97. The fraction of sp³-hybridized carbons (Fsp3) is 0.500. The van der Waals surface area contributed by atoms with Gasteiger partial charge in [-0.3, -0.25) is 9.59 Å². The van der Waals surface area contributed by atoms with Crippen molar-refractivity contribution in [3.05, 3.63) is 34.9 Å². The molecule has 5 nitrogen and oxygen atoms in total. The average Bonchev–Trinajstić information content (AvgIpc) is 2.45. The zero-order valence-corrected chi connectivity index (χ0v) is 12.3. The molecule has 0 aliphatic heterocycles. The normalized spacial score (nSPS) is 16.7. The fourth-order valence-corrected chi connectivity index (χ4v) is 2.71. The van der Waals surface area contributed by atoms with Gasteiger partial charge in [0.15, 0.2) is 0 Å². The molecule has 1 aromatic rings. The zero-order valence-electron chi connectivity index (χ0n) is 12.3. The van der Waals surface area contributed by atoms with Crippen molar-refractivity contribution in [2.24, 2.45) is 5.73 Å². The van der Waals surface area contributed by atoms with Crippen LogP contribution in [0.4, 0.5) is 0 Å². The van der Waals surface area contributed by atoms with Crippen LogP contribution in [0.3, 0.4) is 0 Å². The first-order valence-electron chi connectivity index (χ1n) is 7.37. The number of aliphatic carboxylic acids is 1. The van der Waals surface area contributed by atoms with E-state index in [0.29, 0.717) is 0 Å². The summed E-state index contributed by atoms with van der Waals surface area (Å²) in [5.74, 6) is -1.50. The van der Waals surface area contributed by atoms with Crippen LogP contribution >= 0.6 is 0 Å². The number of aryl methyl sites for hydroxylation is 2. The number of carbonyl (C=O) groups excluding carboxylic acids is 1. The van der Waals surface area contributed by atoms with Gasteiger partial charge in [-0.05, 0) is 49.3 Å². The summed E-state index contributed by atoms with van der Waals surface area (Å²) in [5.41, 5.74) is 9.35. The third kappa shape index (κ3) is 4.04. The lowest BCUT2D eigenvalue weighted by atomic mass is 9.89. The van der Waals surface area contributed by atoms with Gasteiger partial charge in [-0.2, -0.15) is 0 Å². The Bertz CT molecular complexity index is 542. The van der Waals surface area contributed by atoms with Gasteiger partial charge in [-0.15, -0.1) is 0 Å². The molecule has 0 saturated heterocycles. The van der Waals surface area contributed by atoms with Gasteiger partial charge in [0.1, 0.15) is 0 Å². The van der Waals surface area contributed by atoms with Crippen LogP contribution in [0, 0.1) is 0 Å². The molecule has 2 unspecified atom stereocenters. The van der Waals surface area contributed by atoms with E-state index in [0.717, 1.165) is 18.4 Å². The number of carboxylic acid groups (broad SMARTS) is 1. The Morgan fingerprint density at radius 2 is 1.95 bits per heavy atom. The number of nitrogens with two attached hydrogens (primary N) is 1. The van der Waals surface area contributed by atoms with E-state index >= 15 is 0 Å². The second kappa shape index (κ2) is 6.72. The second-order valence-electron chi connectivity index (χ2n) is 5.67. The van der Waals surface area contributed by atoms with Crippen LogP contribution in [-0.2, 0) is 22.4 Å². The van der Waals surface area contributed by atoms with Gasteiger partial charge in [0.25, 0.3) is 0 Å². The van der Waals surface area contributed by atoms with E-state index in [1.807, 2.05) is 13.0 Å². The van der Waals surface area contributed by atoms with Crippen molar-refractivity contribution in [1.29, 1.82) is 0 Å². The fourth-order valence-electron chi connectivity index (χ4n) is 2.71. The molecule has 0 bridgehead atoms. The number of fused-ring (bicyclic) bond motifs is 1. The van der Waals surface area contributed by atoms with Crippen LogP contribution in [0.25, 0.3) is 0 Å². The molecule has 21 heavy (non-hydrogen) atoms. The van der Waals surface area contributed by atoms with E-state index in [1.165, 1.54) is 24.0 Å². The Balaban J connectivity index is 2.01. The highest BCUT2D eigenvalue weighted by molar-refractivity contribution is 5.86. The lowest BCUT2D eigenvalue weighted by Crippen LogP contribution is -2.42. The zero-order chi connectivity index (χ0) is 15.4. The Kier molecular flexibility index (Phi) is 4.96. The molecule has 1 amide bonds. The van der Waals surface area contributed by atoms with Crippen LogP contribution in [0.15, 0.2) is 18.2 Å². The summed E-state index contributed by atoms with van der Waals surface area (Å²) in [7, 11) is 0. The molecule has 2 rings (SSSR count). The maximum absolute atomic E-state index is 11.9. The van der Waals surface area contributed by atoms with Gasteiger partial charge in [-0.1, -0.05) is 18.2 Å². The van der Waals surface area contributed by atoms with E-state index in [1.54, 1.807) is 0 Å². The summed E-state index contributed by atoms with van der Waals surface area (Å²) in [5, 5.41) is 11.4. The topological polar surface area (TPSA) is 92.4 Å². The monoisotopic (exact) mass is 290 g/mol. The first kappa shape index (κ1) is 15.5. The van der Waals surface area contributed by atoms with Crippen LogP contribution < -0.4 is 11.1 Å². The molecular weight excluding hydrogens is 268 g/mol. The van der Waals surface area contributed by atoms with Crippen molar-refractivity contribution in [1.82, 2.24) is 5.32 Å². The van der Waals surface area contributed by atoms with Gasteiger partial charge in [0.2, 0.25) is 5.91 Å². The molecule has 0 spiro atoms. The molecule has 5 heteroatoms. The molecule has 114 valence electrons. The van der Waals surface area contributed by atoms with Crippen LogP contribution in [0.2, 0.25) is 0 Å². The van der Waals surface area contributed by atoms with Gasteiger partial charge in [0.05, 0.1) is 18.5 Å². The summed E-state index contributed by atoms with van der Waals surface area (Å²) >= 11 is 0. The van der Waals surface area contributed by atoms with Crippen molar-refractivity contribution in [2.45, 2.75) is 51.1 Å². The highest BCUT2D eigenvalue weighted by Gasteiger charge is 2.20. The number of carbonyl (C=O) groups is 2. The van der Waals surface area contributed by atoms with E-state index < -0.39 is 17.9 Å². The minimum atomic E-state index is -1.07. The molecular formula is C16H22N2O3. The molecule has 2 atom stereocenters. The molecule has 0 radical (unpaired) electrons. The summed E-state index contributed by atoms with van der Waals surface area (Å²) in [6.45, 7) is 1.88. The maximum atomic E-state index is 11.9. The summed E-state index contributed by atoms with van der Waals surface area (Å²) in [6.07, 6.45) is 4.30. The molecule has 4 N–H and O–H groups in total. The van der Waals surface area contributed by atoms with Crippen LogP contribution in [-0.4, -0.2) is 23.0 Å². The maximum Gasteiger partial charge on any atom is 0.305 e. The Labute approximate surface area is 124 Å².